The molecule has 180 valence electrons. The maximum atomic E-state index is 13.5. The van der Waals surface area contributed by atoms with Gasteiger partial charge in [0.05, 0.1) is 12.1 Å². The number of allylic oxidation sites excluding steroid dienone is 1. The number of amides is 3. The van der Waals surface area contributed by atoms with Crippen LogP contribution in [0.4, 0.5) is 0 Å². The Morgan fingerprint density at radius 3 is 2.25 bits per heavy atom. The Morgan fingerprint density at radius 1 is 1.16 bits per heavy atom. The zero-order chi connectivity index (χ0) is 24.2. The van der Waals surface area contributed by atoms with Gasteiger partial charge in [0.15, 0.2) is 0 Å². The van der Waals surface area contributed by atoms with E-state index in [0.29, 0.717) is 25.3 Å². The number of nitrogens with one attached hydrogen (secondary N) is 2. The van der Waals surface area contributed by atoms with E-state index in [1.54, 1.807) is 4.90 Å². The second-order valence-electron chi connectivity index (χ2n) is 10.4. The van der Waals surface area contributed by atoms with Crippen molar-refractivity contribution in [1.82, 2.24) is 15.3 Å². The highest BCUT2D eigenvalue weighted by atomic mass is 31.0. The molecule has 5 atom stereocenters. The number of nitrogens with two attached hydrogens (primary N) is 1. The molecule has 9 heteroatoms. The van der Waals surface area contributed by atoms with Gasteiger partial charge in [-0.2, -0.15) is 0 Å². The highest BCUT2D eigenvalue weighted by molar-refractivity contribution is 7.15. The largest absolute Gasteiger partial charge is 0.344 e. The van der Waals surface area contributed by atoms with Crippen LogP contribution in [0.2, 0.25) is 0 Å². The molecule has 32 heavy (non-hydrogen) atoms. The fourth-order valence-electron chi connectivity index (χ4n) is 4.33. The molecule has 2 fully saturated rings. The number of hydrogen-bond acceptors (Lipinski definition) is 5. The number of likely N-dealkylation sites (tertiary alicyclic amines) is 1. The quantitative estimate of drug-likeness (QED) is 0.286. The minimum Gasteiger partial charge on any atom is -0.344 e. The third-order valence-corrected chi connectivity index (χ3v) is 6.79. The van der Waals surface area contributed by atoms with Gasteiger partial charge in [0, 0.05) is 12.5 Å². The van der Waals surface area contributed by atoms with Crippen molar-refractivity contribution in [2.45, 2.75) is 84.8 Å². The molecule has 4 N–H and O–H groups in total. The molecule has 2 aliphatic rings. The predicted octanol–water partition coefficient (Wildman–Crippen LogP) is 1.69. The Hall–Kier alpha value is -1.79. The van der Waals surface area contributed by atoms with Gasteiger partial charge in [-0.1, -0.05) is 51.7 Å². The van der Waals surface area contributed by atoms with Crippen LogP contribution < -0.4 is 16.1 Å². The van der Waals surface area contributed by atoms with Crippen molar-refractivity contribution in [3.63, 3.8) is 0 Å². The molecule has 1 aliphatic heterocycles. The van der Waals surface area contributed by atoms with E-state index < -0.39 is 41.1 Å². The minimum atomic E-state index is -0.908. The van der Waals surface area contributed by atoms with Crippen LogP contribution >= 0.6 is 9.39 Å². The predicted molar refractivity (Wildman–Crippen MR) is 127 cm³/mol. The topological polar surface area (TPSA) is 122 Å². The van der Waals surface area contributed by atoms with Gasteiger partial charge in [-0.25, -0.2) is 0 Å². The lowest BCUT2D eigenvalue weighted by molar-refractivity contribution is -0.143. The molecule has 0 radical (unpaired) electrons. The van der Waals surface area contributed by atoms with Gasteiger partial charge in [0.2, 0.25) is 17.6 Å². The summed E-state index contributed by atoms with van der Waals surface area (Å²) in [7, 11) is 2.03. The number of nitrogens with zero attached hydrogens (tertiary/aromatic N) is 1. The van der Waals surface area contributed by atoms with E-state index in [9.17, 15) is 19.2 Å². The van der Waals surface area contributed by atoms with Crippen LogP contribution in [0.3, 0.4) is 0 Å². The van der Waals surface area contributed by atoms with Gasteiger partial charge < -0.3 is 21.0 Å². The minimum absolute atomic E-state index is 0.175. The lowest BCUT2D eigenvalue weighted by atomic mass is 9.80. The van der Waals surface area contributed by atoms with Crippen LogP contribution in [-0.2, 0) is 19.2 Å². The molecular formula is C23H39N4O4P. The van der Waals surface area contributed by atoms with Gasteiger partial charge in [-0.05, 0) is 47.4 Å². The first kappa shape index (κ1) is 26.5. The summed E-state index contributed by atoms with van der Waals surface area (Å²) in [5.74, 6) is -1.96. The van der Waals surface area contributed by atoms with Gasteiger partial charge in [-0.15, -0.1) is 0 Å². The lowest BCUT2D eigenvalue weighted by Crippen LogP contribution is -2.58. The summed E-state index contributed by atoms with van der Waals surface area (Å²) in [6.07, 6.45) is 6.12. The van der Waals surface area contributed by atoms with E-state index in [0.717, 1.165) is 24.8 Å². The molecule has 8 nitrogen and oxygen atoms in total. The maximum absolute atomic E-state index is 13.5. The van der Waals surface area contributed by atoms with E-state index in [1.165, 1.54) is 0 Å². The van der Waals surface area contributed by atoms with E-state index in [4.69, 9.17) is 5.73 Å². The smallest absolute Gasteiger partial charge is 0.292 e. The third-order valence-electron chi connectivity index (χ3n) is 6.52. The summed E-state index contributed by atoms with van der Waals surface area (Å²) in [5.41, 5.74) is 6.83. The Labute approximate surface area is 193 Å². The van der Waals surface area contributed by atoms with E-state index >= 15 is 0 Å². The first-order valence-corrected chi connectivity index (χ1v) is 12.0. The molecule has 3 amide bonds. The van der Waals surface area contributed by atoms with Gasteiger partial charge in [-0.3, -0.25) is 19.2 Å². The molecule has 0 bridgehead atoms. The summed E-state index contributed by atoms with van der Waals surface area (Å²) in [6.45, 7) is 10.00. The molecule has 0 aromatic rings. The summed E-state index contributed by atoms with van der Waals surface area (Å²) in [5, 5.41) is 5.09. The first-order chi connectivity index (χ1) is 14.9. The van der Waals surface area contributed by atoms with Gasteiger partial charge >= 0.3 is 0 Å². The Kier molecular flexibility index (Phi) is 9.00. The summed E-state index contributed by atoms with van der Waals surface area (Å²) in [4.78, 5) is 52.9. The molecule has 1 saturated carbocycles. The van der Waals surface area contributed by atoms with E-state index in [2.05, 4.69) is 10.4 Å². The standard InChI is InChI=1S/C23H39N4O4P/c1-13(2)11-15-9-10-27(22(31)19(24)23(3,4)5)17(15)20(29)25-16(12-14-7-6-8-14)18(28)21(30)26-32/h11,14-17,19H,6-10,12,24,32H2,1-5H3,(H,25,29)(H,26,30)/t15-,16?,17+,19-/m1/s1. The van der Waals surface area contributed by atoms with Crippen LogP contribution in [0.25, 0.3) is 0 Å². The summed E-state index contributed by atoms with van der Waals surface area (Å²) in [6, 6.07) is -2.42. The van der Waals surface area contributed by atoms with Crippen LogP contribution in [0.5, 0.6) is 0 Å². The van der Waals surface area contributed by atoms with Crippen molar-refractivity contribution < 1.29 is 19.2 Å². The second kappa shape index (κ2) is 10.9. The Bertz CT molecular complexity index is 768. The average Bonchev–Trinajstić information content (AvgIpc) is 3.09. The van der Waals surface area contributed by atoms with Crippen LogP contribution in [0.1, 0.15) is 66.7 Å². The number of rotatable bonds is 8. The van der Waals surface area contributed by atoms with Crippen LogP contribution in [0.15, 0.2) is 11.6 Å². The molecule has 1 heterocycles. The monoisotopic (exact) mass is 466 g/mol. The Morgan fingerprint density at radius 2 is 1.78 bits per heavy atom. The van der Waals surface area contributed by atoms with E-state index in [1.807, 2.05) is 50.1 Å². The second-order valence-corrected chi connectivity index (χ2v) is 10.7. The molecule has 1 aliphatic carbocycles. The maximum Gasteiger partial charge on any atom is 0.292 e. The fraction of sp³-hybridized carbons (Fsp3) is 0.739. The molecule has 0 aromatic heterocycles. The summed E-state index contributed by atoms with van der Waals surface area (Å²) < 4.78 is 0. The zero-order valence-electron chi connectivity index (χ0n) is 19.9. The zero-order valence-corrected chi connectivity index (χ0v) is 21.1. The SMILES string of the molecule is CC(C)=C[C@H]1CCN(C(=O)[C@@H](N)C(C)(C)C)[C@@H]1C(=O)NC(CC1CCC1)C(=O)C(=O)NP. The molecular weight excluding hydrogens is 427 g/mol. The molecule has 1 saturated heterocycles. The first-order valence-electron chi connectivity index (χ1n) is 11.4. The number of ketones is 1. The number of carbonyl (C=O) groups is 4. The van der Waals surface area contributed by atoms with Gasteiger partial charge in [0.25, 0.3) is 5.91 Å². The fourth-order valence-corrected chi connectivity index (χ4v) is 4.47. The van der Waals surface area contributed by atoms with Crippen molar-refractivity contribution in [2.75, 3.05) is 6.54 Å². The van der Waals surface area contributed by atoms with Crippen LogP contribution in [0, 0.1) is 17.3 Å². The van der Waals surface area contributed by atoms with E-state index in [-0.39, 0.29) is 11.8 Å². The third kappa shape index (κ3) is 6.38. The number of Topliss-reactive ketones (excluding diaryl/α,β-unsaturated/α-hetero) is 1. The summed E-state index contributed by atoms with van der Waals surface area (Å²) >= 11 is 0. The van der Waals surface area contributed by atoms with Crippen molar-refractivity contribution in [3.8, 4) is 0 Å². The highest BCUT2D eigenvalue weighted by Crippen LogP contribution is 2.32. The molecule has 2 rings (SSSR count). The van der Waals surface area contributed by atoms with Gasteiger partial charge in [0.1, 0.15) is 6.04 Å². The average molecular weight is 467 g/mol. The lowest BCUT2D eigenvalue weighted by Gasteiger charge is -2.35. The number of hydrogen-bond donors (Lipinski definition) is 3. The molecule has 2 unspecified atom stereocenters. The van der Waals surface area contributed by atoms with Crippen molar-refractivity contribution in [3.05, 3.63) is 11.6 Å². The normalized spacial score (nSPS) is 23.0. The Balaban J connectivity index is 2.29. The number of carbonyl (C=O) groups excluding carboxylic acids is 4. The molecule has 0 aromatic carbocycles. The van der Waals surface area contributed by atoms with Crippen molar-refractivity contribution in [2.24, 2.45) is 23.0 Å². The van der Waals surface area contributed by atoms with Crippen molar-refractivity contribution in [1.29, 1.82) is 0 Å². The highest BCUT2D eigenvalue weighted by Gasteiger charge is 2.45. The van der Waals surface area contributed by atoms with Crippen molar-refractivity contribution >= 4 is 32.9 Å². The molecule has 0 spiro atoms. The van der Waals surface area contributed by atoms with Crippen LogP contribution in [-0.4, -0.2) is 53.1 Å².